The topological polar surface area (TPSA) is 63.0 Å². The molecule has 0 bridgehead atoms. The zero-order valence-electron chi connectivity index (χ0n) is 19.7. The number of rotatable bonds is 3. The number of hydrogen-bond donors (Lipinski definition) is 0. The van der Waals surface area contributed by atoms with E-state index in [2.05, 4.69) is 20.2 Å². The van der Waals surface area contributed by atoms with Crippen molar-refractivity contribution in [2.45, 2.75) is 57.9 Å². The summed E-state index contributed by atoms with van der Waals surface area (Å²) in [6.45, 7) is 4.49. The average molecular weight is 522 g/mol. The van der Waals surface area contributed by atoms with Crippen LogP contribution in [0, 0.1) is 18.2 Å². The first-order chi connectivity index (χ1) is 17.0. The average Bonchev–Trinajstić information content (AvgIpc) is 3.08. The zero-order valence-corrected chi connectivity index (χ0v) is 20.5. The van der Waals surface area contributed by atoms with Crippen LogP contribution in [0.2, 0.25) is 5.02 Å². The maximum atomic E-state index is 13.6. The number of benzene rings is 1. The molecule has 1 unspecified atom stereocenters. The van der Waals surface area contributed by atoms with Gasteiger partial charge in [-0.1, -0.05) is 11.6 Å². The lowest BCUT2D eigenvalue weighted by molar-refractivity contribution is -0.182. The van der Waals surface area contributed by atoms with Crippen molar-refractivity contribution in [3.63, 3.8) is 0 Å². The van der Waals surface area contributed by atoms with Gasteiger partial charge in [0.2, 0.25) is 5.95 Å². The molecule has 190 valence electrons. The molecule has 4 heterocycles. The first-order valence-corrected chi connectivity index (χ1v) is 12.2. The van der Waals surface area contributed by atoms with E-state index in [0.29, 0.717) is 28.1 Å². The molecule has 2 aromatic heterocycles. The summed E-state index contributed by atoms with van der Waals surface area (Å²) in [6.07, 6.45) is -1.40. The van der Waals surface area contributed by atoms with Crippen LogP contribution in [-0.4, -0.2) is 54.9 Å². The van der Waals surface area contributed by atoms with Gasteiger partial charge in [0.15, 0.2) is 11.6 Å². The summed E-state index contributed by atoms with van der Waals surface area (Å²) in [5.41, 5.74) is 1.92. The molecule has 2 fully saturated rings. The quantitative estimate of drug-likeness (QED) is 0.461. The number of hydrogen-bond acceptors (Lipinski definition) is 6. The molecule has 36 heavy (non-hydrogen) atoms. The maximum absolute atomic E-state index is 13.6. The normalized spacial score (nSPS) is 20.4. The Balaban J connectivity index is 1.24. The minimum Gasteiger partial charge on any atom is -0.340 e. The molecule has 6 rings (SSSR count). The van der Waals surface area contributed by atoms with E-state index >= 15 is 0 Å². The van der Waals surface area contributed by atoms with Gasteiger partial charge in [0.1, 0.15) is 11.9 Å². The van der Waals surface area contributed by atoms with Gasteiger partial charge in [-0.15, -0.1) is 10.2 Å². The first-order valence-electron chi connectivity index (χ1n) is 11.8. The summed E-state index contributed by atoms with van der Waals surface area (Å²) in [5, 5.41) is 9.26. The number of alkyl halides is 3. The number of fused-ring (bicyclic) bond motifs is 3. The van der Waals surface area contributed by atoms with Crippen LogP contribution in [0.5, 0.6) is 0 Å². The first kappa shape index (κ1) is 23.6. The highest BCUT2D eigenvalue weighted by Gasteiger charge is 2.55. The third kappa shape index (κ3) is 3.83. The van der Waals surface area contributed by atoms with Crippen molar-refractivity contribution >= 4 is 17.5 Å². The van der Waals surface area contributed by atoms with E-state index in [9.17, 15) is 17.6 Å². The Labute approximate surface area is 210 Å². The number of aromatic nitrogens is 5. The summed E-state index contributed by atoms with van der Waals surface area (Å²) in [4.78, 5) is 11.8. The van der Waals surface area contributed by atoms with Crippen molar-refractivity contribution in [1.29, 1.82) is 0 Å². The number of aryl methyl sites for hydroxylation is 1. The van der Waals surface area contributed by atoms with Crippen LogP contribution in [0.4, 0.5) is 23.5 Å². The Morgan fingerprint density at radius 1 is 1.14 bits per heavy atom. The lowest BCUT2D eigenvalue weighted by Crippen LogP contribution is -2.62. The number of anilines is 1. The van der Waals surface area contributed by atoms with Crippen molar-refractivity contribution in [2.75, 3.05) is 18.0 Å². The van der Waals surface area contributed by atoms with E-state index in [1.54, 1.807) is 19.1 Å². The molecule has 0 N–H and O–H groups in total. The van der Waals surface area contributed by atoms with Crippen LogP contribution in [0.25, 0.3) is 5.69 Å². The van der Waals surface area contributed by atoms with E-state index in [4.69, 9.17) is 11.6 Å². The van der Waals surface area contributed by atoms with Crippen LogP contribution < -0.4 is 4.90 Å². The maximum Gasteiger partial charge on any atom is 0.403 e. The Bertz CT molecular complexity index is 1330. The predicted molar refractivity (Wildman–Crippen MR) is 124 cm³/mol. The summed E-state index contributed by atoms with van der Waals surface area (Å²) in [5.74, 6) is 1.51. The van der Waals surface area contributed by atoms with Gasteiger partial charge < -0.3 is 4.90 Å². The van der Waals surface area contributed by atoms with Gasteiger partial charge in [0, 0.05) is 36.0 Å². The molecule has 1 atom stereocenters. The molecule has 7 nitrogen and oxygen atoms in total. The van der Waals surface area contributed by atoms with Gasteiger partial charge in [-0.05, 0) is 50.5 Å². The smallest absolute Gasteiger partial charge is 0.340 e. The van der Waals surface area contributed by atoms with Crippen LogP contribution in [0.1, 0.15) is 48.6 Å². The molecule has 2 aliphatic heterocycles. The molecule has 1 saturated heterocycles. The second kappa shape index (κ2) is 8.11. The zero-order chi connectivity index (χ0) is 25.4. The van der Waals surface area contributed by atoms with E-state index < -0.39 is 18.0 Å². The molecule has 3 aromatic rings. The van der Waals surface area contributed by atoms with Gasteiger partial charge in [-0.3, -0.25) is 9.47 Å². The second-order valence-corrected chi connectivity index (χ2v) is 10.7. The minimum absolute atomic E-state index is 0.0346. The second-order valence-electron chi connectivity index (χ2n) is 10.3. The van der Waals surface area contributed by atoms with E-state index in [1.807, 2.05) is 15.5 Å². The summed E-state index contributed by atoms with van der Waals surface area (Å²) in [7, 11) is 0. The van der Waals surface area contributed by atoms with Crippen LogP contribution in [0.3, 0.4) is 0 Å². The van der Waals surface area contributed by atoms with E-state index in [-0.39, 0.29) is 24.4 Å². The third-order valence-electron chi connectivity index (χ3n) is 7.74. The predicted octanol–water partition coefficient (Wildman–Crippen LogP) is 4.81. The van der Waals surface area contributed by atoms with E-state index in [1.165, 1.54) is 18.0 Å². The number of nitrogens with zero attached hydrogens (tertiary/aromatic N) is 7. The lowest BCUT2D eigenvalue weighted by Gasteiger charge is -2.58. The fourth-order valence-corrected chi connectivity index (χ4v) is 5.91. The summed E-state index contributed by atoms with van der Waals surface area (Å²) >= 11 is 6.22. The molecule has 1 aliphatic carbocycles. The fourth-order valence-electron chi connectivity index (χ4n) is 5.72. The minimum atomic E-state index is -4.36. The Morgan fingerprint density at radius 2 is 1.89 bits per heavy atom. The highest BCUT2D eigenvalue weighted by molar-refractivity contribution is 6.30. The fraction of sp³-hybridized carbons (Fsp3) is 0.500. The molecule has 3 aliphatic rings. The standard InChI is InChI=1S/C24H24ClF4N7/c1-13-18(26)8-30-22(31-13)35-11-23(12-35)6-16(7-23)21-33-32-20-10-34(14(2)24(27,28)29)9-15-5-17(25)3-4-19(15)36(20)21/h3-5,8,14,16H,6-7,9-12H2,1-2H3. The van der Waals surface area contributed by atoms with Gasteiger partial charge >= 0.3 is 6.18 Å². The van der Waals surface area contributed by atoms with Crippen molar-refractivity contribution in [3.05, 3.63) is 58.1 Å². The molecular weight excluding hydrogens is 498 g/mol. The molecule has 0 radical (unpaired) electrons. The van der Waals surface area contributed by atoms with Crippen molar-refractivity contribution in [1.82, 2.24) is 29.6 Å². The largest absolute Gasteiger partial charge is 0.403 e. The molecular formula is C24H24ClF4N7. The highest BCUT2D eigenvalue weighted by atomic mass is 35.5. The number of halogens is 5. The summed E-state index contributed by atoms with van der Waals surface area (Å²) in [6, 6.07) is 3.67. The van der Waals surface area contributed by atoms with Crippen molar-refractivity contribution < 1.29 is 17.6 Å². The van der Waals surface area contributed by atoms with Gasteiger partial charge in [0.25, 0.3) is 0 Å². The SMILES string of the molecule is Cc1nc(N2CC3(CC(c4nnc5n4-c4ccc(Cl)cc4CN(C(C)C(F)(F)F)C5)C3)C2)ncc1F. The Hall–Kier alpha value is -2.79. The van der Waals surface area contributed by atoms with Crippen LogP contribution in [-0.2, 0) is 13.1 Å². The lowest BCUT2D eigenvalue weighted by atomic mass is 9.57. The van der Waals surface area contributed by atoms with Crippen molar-refractivity contribution in [2.24, 2.45) is 5.41 Å². The monoisotopic (exact) mass is 521 g/mol. The molecule has 0 amide bonds. The van der Waals surface area contributed by atoms with Gasteiger partial charge in [-0.2, -0.15) is 13.2 Å². The summed E-state index contributed by atoms with van der Waals surface area (Å²) < 4.78 is 56.2. The van der Waals surface area contributed by atoms with Crippen molar-refractivity contribution in [3.8, 4) is 5.69 Å². The van der Waals surface area contributed by atoms with Crippen LogP contribution in [0.15, 0.2) is 24.4 Å². The molecule has 12 heteroatoms. The third-order valence-corrected chi connectivity index (χ3v) is 7.98. The molecule has 1 spiro atoms. The van der Waals surface area contributed by atoms with E-state index in [0.717, 1.165) is 37.4 Å². The Morgan fingerprint density at radius 3 is 2.58 bits per heavy atom. The van der Waals surface area contributed by atoms with Crippen LogP contribution >= 0.6 is 11.6 Å². The Kier molecular flexibility index (Phi) is 5.31. The molecule has 1 aromatic carbocycles. The molecule has 1 saturated carbocycles. The highest BCUT2D eigenvalue weighted by Crippen LogP contribution is 2.56. The van der Waals surface area contributed by atoms with Gasteiger partial charge in [0.05, 0.1) is 24.1 Å². The van der Waals surface area contributed by atoms with Gasteiger partial charge in [-0.25, -0.2) is 14.4 Å².